The molecular weight excluding hydrogens is 266 g/mol. The fourth-order valence-electron chi connectivity index (χ4n) is 1.49. The zero-order valence-electron chi connectivity index (χ0n) is 11.0. The van der Waals surface area contributed by atoms with Crippen molar-refractivity contribution in [3.05, 3.63) is 34.9 Å². The van der Waals surface area contributed by atoms with Crippen LogP contribution < -0.4 is 16.0 Å². The molecule has 3 N–H and O–H groups in total. The van der Waals surface area contributed by atoms with Gasteiger partial charge in [0.05, 0.1) is 6.54 Å². The van der Waals surface area contributed by atoms with Gasteiger partial charge >= 0.3 is 6.03 Å². The molecule has 3 amide bonds. The Morgan fingerprint density at radius 1 is 1.26 bits per heavy atom. The van der Waals surface area contributed by atoms with Crippen LogP contribution in [0.3, 0.4) is 0 Å². The molecule has 5 nitrogen and oxygen atoms in total. The van der Waals surface area contributed by atoms with Gasteiger partial charge < -0.3 is 10.6 Å². The first-order valence-corrected chi connectivity index (χ1v) is 6.47. The van der Waals surface area contributed by atoms with Gasteiger partial charge in [0.1, 0.15) is 0 Å². The summed E-state index contributed by atoms with van der Waals surface area (Å²) < 4.78 is 0. The van der Waals surface area contributed by atoms with Gasteiger partial charge in [0, 0.05) is 17.6 Å². The molecule has 6 heteroatoms. The Balaban J connectivity index is 2.37. The van der Waals surface area contributed by atoms with Crippen LogP contribution in [0.1, 0.15) is 25.5 Å². The van der Waals surface area contributed by atoms with Crippen molar-refractivity contribution in [2.75, 3.05) is 13.1 Å². The second kappa shape index (κ2) is 7.76. The van der Waals surface area contributed by atoms with Crippen molar-refractivity contribution in [3.8, 4) is 0 Å². The van der Waals surface area contributed by atoms with E-state index in [-0.39, 0.29) is 18.5 Å². The van der Waals surface area contributed by atoms with Crippen LogP contribution in [-0.4, -0.2) is 25.0 Å². The molecule has 0 aliphatic heterocycles. The Morgan fingerprint density at radius 2 is 1.89 bits per heavy atom. The maximum absolute atomic E-state index is 11.5. The van der Waals surface area contributed by atoms with Crippen LogP contribution in [0.5, 0.6) is 0 Å². The second-order valence-electron chi connectivity index (χ2n) is 4.06. The third-order valence-electron chi connectivity index (χ3n) is 2.53. The van der Waals surface area contributed by atoms with Gasteiger partial charge in [0.2, 0.25) is 5.91 Å². The quantitative estimate of drug-likeness (QED) is 0.772. The Labute approximate surface area is 117 Å². The average Bonchev–Trinajstić information content (AvgIpc) is 2.37. The maximum atomic E-state index is 11.5. The van der Waals surface area contributed by atoms with E-state index in [4.69, 9.17) is 11.6 Å². The molecule has 0 saturated heterocycles. The average molecular weight is 284 g/mol. The molecule has 0 unspecified atom stereocenters. The highest BCUT2D eigenvalue weighted by Crippen LogP contribution is 2.15. The zero-order chi connectivity index (χ0) is 14.3. The first-order valence-electron chi connectivity index (χ1n) is 6.09. The van der Waals surface area contributed by atoms with E-state index in [2.05, 4.69) is 16.0 Å². The first-order chi connectivity index (χ1) is 9.02. The Kier molecular flexibility index (Phi) is 6.32. The molecule has 1 rings (SSSR count). The van der Waals surface area contributed by atoms with Gasteiger partial charge in [-0.2, -0.15) is 0 Å². The summed E-state index contributed by atoms with van der Waals surface area (Å²) in [5.74, 6) is -0.369. The van der Waals surface area contributed by atoms with Crippen molar-refractivity contribution < 1.29 is 9.59 Å². The number of nitrogens with one attached hydrogen (secondary N) is 3. The monoisotopic (exact) mass is 283 g/mol. The number of carbonyl (C=O) groups is 2. The fourth-order valence-corrected chi connectivity index (χ4v) is 1.62. The lowest BCUT2D eigenvalue weighted by atomic mass is 10.1. The summed E-state index contributed by atoms with van der Waals surface area (Å²) in [5.41, 5.74) is 1.02. The van der Waals surface area contributed by atoms with E-state index in [1.54, 1.807) is 19.1 Å². The van der Waals surface area contributed by atoms with Gasteiger partial charge in [-0.3, -0.25) is 10.1 Å². The summed E-state index contributed by atoms with van der Waals surface area (Å²) in [6.07, 6.45) is 0. The van der Waals surface area contributed by atoms with Crippen LogP contribution in [0, 0.1) is 0 Å². The number of imide groups is 1. The van der Waals surface area contributed by atoms with E-state index in [9.17, 15) is 9.59 Å². The van der Waals surface area contributed by atoms with Crippen LogP contribution in [-0.2, 0) is 4.79 Å². The molecule has 1 atom stereocenters. The van der Waals surface area contributed by atoms with Crippen LogP contribution >= 0.6 is 11.6 Å². The van der Waals surface area contributed by atoms with E-state index in [0.717, 1.165) is 5.56 Å². The van der Waals surface area contributed by atoms with Gasteiger partial charge in [-0.1, -0.05) is 23.7 Å². The number of amides is 3. The predicted octanol–water partition coefficient (Wildman–Crippen LogP) is 1.84. The summed E-state index contributed by atoms with van der Waals surface area (Å²) in [6.45, 7) is 4.27. The molecule has 0 aliphatic carbocycles. The summed E-state index contributed by atoms with van der Waals surface area (Å²) in [7, 11) is 0. The number of hydrogen-bond donors (Lipinski definition) is 3. The normalized spacial score (nSPS) is 11.7. The highest BCUT2D eigenvalue weighted by atomic mass is 35.5. The Hall–Kier alpha value is -1.59. The standard InChI is InChI=1S/C13H18ClN3O2/c1-3-15-13(19)17-12(18)8-16-9(2)10-4-6-11(14)7-5-10/h4-7,9,16H,3,8H2,1-2H3,(H2,15,17,18,19)/t9-/m0/s1. The van der Waals surface area contributed by atoms with E-state index in [0.29, 0.717) is 11.6 Å². The SMILES string of the molecule is CCNC(=O)NC(=O)CN[C@@H](C)c1ccc(Cl)cc1. The fraction of sp³-hybridized carbons (Fsp3) is 0.385. The molecule has 0 bridgehead atoms. The molecular formula is C13H18ClN3O2. The van der Waals surface area contributed by atoms with Crippen molar-refractivity contribution in [2.24, 2.45) is 0 Å². The summed E-state index contributed by atoms with van der Waals surface area (Å²) >= 11 is 5.80. The van der Waals surface area contributed by atoms with Gasteiger partial charge in [-0.05, 0) is 31.5 Å². The van der Waals surface area contributed by atoms with Gasteiger partial charge in [-0.15, -0.1) is 0 Å². The molecule has 0 spiro atoms. The number of hydrogen-bond acceptors (Lipinski definition) is 3. The number of halogens is 1. The molecule has 0 heterocycles. The third kappa shape index (κ3) is 5.72. The first kappa shape index (κ1) is 15.5. The highest BCUT2D eigenvalue weighted by molar-refractivity contribution is 6.30. The second-order valence-corrected chi connectivity index (χ2v) is 4.50. The molecule has 0 fully saturated rings. The summed E-state index contributed by atoms with van der Waals surface area (Å²) in [5, 5.41) is 8.41. The number of benzene rings is 1. The van der Waals surface area contributed by atoms with Crippen molar-refractivity contribution >= 4 is 23.5 Å². The number of rotatable bonds is 5. The van der Waals surface area contributed by atoms with Crippen molar-refractivity contribution in [1.82, 2.24) is 16.0 Å². The topological polar surface area (TPSA) is 70.2 Å². The van der Waals surface area contributed by atoms with Gasteiger partial charge in [-0.25, -0.2) is 4.79 Å². The molecule has 1 aromatic carbocycles. The number of carbonyl (C=O) groups excluding carboxylic acids is 2. The molecule has 104 valence electrons. The predicted molar refractivity (Wildman–Crippen MR) is 75.1 cm³/mol. The van der Waals surface area contributed by atoms with Crippen molar-refractivity contribution in [2.45, 2.75) is 19.9 Å². The van der Waals surface area contributed by atoms with Crippen molar-refractivity contribution in [1.29, 1.82) is 0 Å². The van der Waals surface area contributed by atoms with Gasteiger partial charge in [0.15, 0.2) is 0 Å². The molecule has 0 aromatic heterocycles. The number of urea groups is 1. The smallest absolute Gasteiger partial charge is 0.321 e. The Bertz CT molecular complexity index is 434. The summed E-state index contributed by atoms with van der Waals surface area (Å²) in [6, 6.07) is 6.89. The lowest BCUT2D eigenvalue weighted by Gasteiger charge is -2.14. The lowest BCUT2D eigenvalue weighted by Crippen LogP contribution is -2.43. The maximum Gasteiger partial charge on any atom is 0.321 e. The minimum absolute atomic E-state index is 0.00254. The molecule has 0 saturated carbocycles. The largest absolute Gasteiger partial charge is 0.338 e. The zero-order valence-corrected chi connectivity index (χ0v) is 11.8. The third-order valence-corrected chi connectivity index (χ3v) is 2.78. The van der Waals surface area contributed by atoms with Crippen LogP contribution in [0.15, 0.2) is 24.3 Å². The van der Waals surface area contributed by atoms with E-state index in [1.165, 1.54) is 0 Å². The van der Waals surface area contributed by atoms with Crippen molar-refractivity contribution in [3.63, 3.8) is 0 Å². The minimum atomic E-state index is -0.478. The molecule has 19 heavy (non-hydrogen) atoms. The Morgan fingerprint density at radius 3 is 2.47 bits per heavy atom. The molecule has 1 aromatic rings. The lowest BCUT2D eigenvalue weighted by molar-refractivity contribution is -0.119. The minimum Gasteiger partial charge on any atom is -0.338 e. The van der Waals surface area contributed by atoms with Gasteiger partial charge in [0.25, 0.3) is 0 Å². The van der Waals surface area contributed by atoms with Crippen LogP contribution in [0.4, 0.5) is 4.79 Å². The summed E-state index contributed by atoms with van der Waals surface area (Å²) in [4.78, 5) is 22.6. The molecule has 0 radical (unpaired) electrons. The highest BCUT2D eigenvalue weighted by Gasteiger charge is 2.09. The van der Waals surface area contributed by atoms with E-state index >= 15 is 0 Å². The van der Waals surface area contributed by atoms with E-state index in [1.807, 2.05) is 19.1 Å². The van der Waals surface area contributed by atoms with Crippen LogP contribution in [0.25, 0.3) is 0 Å². The molecule has 0 aliphatic rings. The van der Waals surface area contributed by atoms with Crippen LogP contribution in [0.2, 0.25) is 5.02 Å². The van der Waals surface area contributed by atoms with E-state index < -0.39 is 6.03 Å².